The predicted octanol–water partition coefficient (Wildman–Crippen LogP) is 4.82. The summed E-state index contributed by atoms with van der Waals surface area (Å²) < 4.78 is 0. The van der Waals surface area contributed by atoms with Crippen LogP contribution in [0.15, 0.2) is 24.3 Å². The van der Waals surface area contributed by atoms with E-state index in [2.05, 4.69) is 60.6 Å². The van der Waals surface area contributed by atoms with E-state index >= 15 is 0 Å². The number of thiophene rings is 1. The molecule has 2 atom stereocenters. The Morgan fingerprint density at radius 2 is 1.81 bits per heavy atom. The molecule has 1 aliphatic heterocycles. The van der Waals surface area contributed by atoms with Crippen LogP contribution in [0, 0.1) is 11.3 Å². The third-order valence-electron chi connectivity index (χ3n) is 6.01. The van der Waals surface area contributed by atoms with Crippen molar-refractivity contribution in [1.29, 1.82) is 0 Å². The van der Waals surface area contributed by atoms with Crippen molar-refractivity contribution in [2.45, 2.75) is 46.2 Å². The second kappa shape index (κ2) is 6.55. The van der Waals surface area contributed by atoms with E-state index in [0.29, 0.717) is 11.3 Å². The molecule has 0 saturated carbocycles. The SMILES string of the molecule is CN(C)c1ccc([C@@H]2NC(=O)c3c(sc4c3CC[C@@H](C(C)(C)C)C4)N2)cc1. The van der Waals surface area contributed by atoms with E-state index in [1.165, 1.54) is 16.9 Å². The fraction of sp³-hybridized carbons (Fsp3) is 0.500. The van der Waals surface area contributed by atoms with Gasteiger partial charge in [0.1, 0.15) is 11.2 Å². The highest BCUT2D eigenvalue weighted by Gasteiger charge is 2.36. The summed E-state index contributed by atoms with van der Waals surface area (Å²) in [5, 5.41) is 7.78. The molecule has 4 nitrogen and oxygen atoms in total. The van der Waals surface area contributed by atoms with Crippen molar-refractivity contribution < 1.29 is 4.79 Å². The maximum atomic E-state index is 12.9. The molecule has 0 fully saturated rings. The van der Waals surface area contributed by atoms with Gasteiger partial charge < -0.3 is 15.5 Å². The lowest BCUT2D eigenvalue weighted by Gasteiger charge is -2.34. The Bertz CT molecular complexity index is 861. The molecule has 27 heavy (non-hydrogen) atoms. The van der Waals surface area contributed by atoms with Gasteiger partial charge >= 0.3 is 0 Å². The molecule has 1 aromatic carbocycles. The van der Waals surface area contributed by atoms with Crippen LogP contribution in [0.25, 0.3) is 0 Å². The molecule has 0 saturated heterocycles. The first-order chi connectivity index (χ1) is 12.7. The van der Waals surface area contributed by atoms with Crippen LogP contribution in [-0.2, 0) is 12.8 Å². The van der Waals surface area contributed by atoms with E-state index in [1.807, 2.05) is 14.1 Å². The van der Waals surface area contributed by atoms with Gasteiger partial charge in [-0.2, -0.15) is 0 Å². The van der Waals surface area contributed by atoms with Crippen LogP contribution in [0.1, 0.15) is 59.7 Å². The minimum absolute atomic E-state index is 0.0668. The monoisotopic (exact) mass is 383 g/mol. The zero-order valence-electron chi connectivity index (χ0n) is 16.8. The first-order valence-corrected chi connectivity index (χ1v) is 10.5. The Hall–Kier alpha value is -2.01. The van der Waals surface area contributed by atoms with Crippen LogP contribution in [-0.4, -0.2) is 20.0 Å². The van der Waals surface area contributed by atoms with Crippen LogP contribution < -0.4 is 15.5 Å². The number of amides is 1. The van der Waals surface area contributed by atoms with Crippen LogP contribution in [0.4, 0.5) is 10.7 Å². The Balaban J connectivity index is 1.60. The first kappa shape index (κ1) is 18.4. The van der Waals surface area contributed by atoms with Gasteiger partial charge in [0.15, 0.2) is 0 Å². The molecule has 2 N–H and O–H groups in total. The van der Waals surface area contributed by atoms with E-state index < -0.39 is 0 Å². The predicted molar refractivity (Wildman–Crippen MR) is 114 cm³/mol. The van der Waals surface area contributed by atoms with Crippen molar-refractivity contribution in [1.82, 2.24) is 5.32 Å². The number of benzene rings is 1. The zero-order valence-corrected chi connectivity index (χ0v) is 17.7. The van der Waals surface area contributed by atoms with Crippen molar-refractivity contribution >= 4 is 27.9 Å². The lowest BCUT2D eigenvalue weighted by atomic mass is 9.72. The minimum atomic E-state index is -0.167. The molecule has 1 aromatic heterocycles. The van der Waals surface area contributed by atoms with Crippen LogP contribution in [0.3, 0.4) is 0 Å². The first-order valence-electron chi connectivity index (χ1n) is 9.73. The van der Waals surface area contributed by atoms with E-state index in [1.54, 1.807) is 11.3 Å². The second-order valence-electron chi connectivity index (χ2n) is 9.05. The fourth-order valence-corrected chi connectivity index (χ4v) is 5.52. The molecule has 0 bridgehead atoms. The summed E-state index contributed by atoms with van der Waals surface area (Å²) in [6.07, 6.45) is 3.11. The second-order valence-corrected chi connectivity index (χ2v) is 10.2. The molecule has 2 aromatic rings. The molecule has 4 rings (SSSR count). The molecular formula is C22H29N3OS. The fourth-order valence-electron chi connectivity index (χ4n) is 4.17. The average Bonchev–Trinajstić information content (AvgIpc) is 2.99. The van der Waals surface area contributed by atoms with Crippen molar-refractivity contribution in [2.75, 3.05) is 24.3 Å². The summed E-state index contributed by atoms with van der Waals surface area (Å²) in [5.74, 6) is 0.750. The van der Waals surface area contributed by atoms with Gasteiger partial charge in [-0.3, -0.25) is 4.79 Å². The number of hydrogen-bond acceptors (Lipinski definition) is 4. The van der Waals surface area contributed by atoms with E-state index in [4.69, 9.17) is 0 Å². The normalized spacial score (nSPS) is 21.7. The number of rotatable bonds is 2. The molecule has 1 aliphatic carbocycles. The quantitative estimate of drug-likeness (QED) is 0.781. The molecule has 0 spiro atoms. The zero-order chi connectivity index (χ0) is 19.3. The van der Waals surface area contributed by atoms with Crippen molar-refractivity contribution in [2.24, 2.45) is 11.3 Å². The molecular weight excluding hydrogens is 354 g/mol. The van der Waals surface area contributed by atoms with Gasteiger partial charge in [-0.15, -0.1) is 11.3 Å². The van der Waals surface area contributed by atoms with Gasteiger partial charge in [0.2, 0.25) is 0 Å². The van der Waals surface area contributed by atoms with Gasteiger partial charge in [-0.05, 0) is 53.9 Å². The highest BCUT2D eigenvalue weighted by Crippen LogP contribution is 2.46. The number of hydrogen-bond donors (Lipinski definition) is 2. The van der Waals surface area contributed by atoms with Crippen LogP contribution in [0.2, 0.25) is 0 Å². The molecule has 0 radical (unpaired) electrons. The summed E-state index contributed by atoms with van der Waals surface area (Å²) in [7, 11) is 4.06. The van der Waals surface area contributed by atoms with Gasteiger partial charge in [0.25, 0.3) is 5.91 Å². The third kappa shape index (κ3) is 3.33. The van der Waals surface area contributed by atoms with Gasteiger partial charge in [-0.1, -0.05) is 32.9 Å². The molecule has 144 valence electrons. The van der Waals surface area contributed by atoms with Gasteiger partial charge in [0.05, 0.1) is 5.56 Å². The minimum Gasteiger partial charge on any atom is -0.378 e. The largest absolute Gasteiger partial charge is 0.378 e. The summed E-state index contributed by atoms with van der Waals surface area (Å²) in [6, 6.07) is 8.35. The summed E-state index contributed by atoms with van der Waals surface area (Å²) in [4.78, 5) is 16.4. The maximum Gasteiger partial charge on any atom is 0.256 e. The maximum absolute atomic E-state index is 12.9. The Labute approximate surface area is 166 Å². The van der Waals surface area contributed by atoms with Gasteiger partial charge in [-0.25, -0.2) is 0 Å². The highest BCUT2D eigenvalue weighted by molar-refractivity contribution is 7.16. The Kier molecular flexibility index (Phi) is 4.46. The molecule has 2 heterocycles. The summed E-state index contributed by atoms with van der Waals surface area (Å²) in [6.45, 7) is 6.98. The number of fused-ring (bicyclic) bond motifs is 3. The van der Waals surface area contributed by atoms with Crippen molar-refractivity contribution in [3.63, 3.8) is 0 Å². The number of carbonyl (C=O) groups is 1. The lowest BCUT2D eigenvalue weighted by molar-refractivity contribution is 0.0935. The van der Waals surface area contributed by atoms with Crippen molar-refractivity contribution in [3.05, 3.63) is 45.8 Å². The summed E-state index contributed by atoms with van der Waals surface area (Å²) in [5.41, 5.74) is 4.72. The van der Waals surface area contributed by atoms with Crippen LogP contribution in [0.5, 0.6) is 0 Å². The average molecular weight is 384 g/mol. The number of carbonyl (C=O) groups excluding carboxylic acids is 1. The lowest BCUT2D eigenvalue weighted by Crippen LogP contribution is -2.38. The molecule has 0 unspecified atom stereocenters. The number of nitrogens with zero attached hydrogens (tertiary/aromatic N) is 1. The summed E-state index contributed by atoms with van der Waals surface area (Å²) >= 11 is 1.79. The smallest absolute Gasteiger partial charge is 0.256 e. The van der Waals surface area contributed by atoms with E-state index in [9.17, 15) is 4.79 Å². The molecule has 5 heteroatoms. The third-order valence-corrected chi connectivity index (χ3v) is 7.20. The highest BCUT2D eigenvalue weighted by atomic mass is 32.1. The topological polar surface area (TPSA) is 44.4 Å². The number of nitrogens with one attached hydrogen (secondary N) is 2. The van der Waals surface area contributed by atoms with Crippen molar-refractivity contribution in [3.8, 4) is 0 Å². The Morgan fingerprint density at radius 1 is 1.11 bits per heavy atom. The van der Waals surface area contributed by atoms with Gasteiger partial charge in [0, 0.05) is 24.7 Å². The molecule has 2 aliphatic rings. The molecule has 1 amide bonds. The van der Waals surface area contributed by atoms with E-state index in [0.717, 1.165) is 34.7 Å². The standard InChI is InChI=1S/C22H29N3OS/c1-22(2,3)14-8-11-16-17(12-14)27-21-18(16)20(26)23-19(24-21)13-6-9-15(10-7-13)25(4)5/h6-7,9-10,14,19,24H,8,11-12H2,1-5H3,(H,23,26)/t14-,19-/m1/s1. The van der Waals surface area contributed by atoms with E-state index in [-0.39, 0.29) is 12.1 Å². The Morgan fingerprint density at radius 3 is 2.44 bits per heavy atom. The van der Waals surface area contributed by atoms with Crippen LogP contribution >= 0.6 is 11.3 Å². The number of anilines is 2.